The molecule has 2 aliphatic heterocycles. The van der Waals surface area contributed by atoms with Gasteiger partial charge in [0.25, 0.3) is 0 Å². The number of hydrogen-bond acceptors (Lipinski definition) is 6. The number of imide groups is 1. The molecular formula is C29H44N2O5. The minimum Gasteiger partial charge on any atom is -0.445 e. The van der Waals surface area contributed by atoms with Crippen molar-refractivity contribution in [2.24, 2.45) is 45.8 Å². The first-order valence-corrected chi connectivity index (χ1v) is 14.6. The molecule has 4 bridgehead atoms. The number of Topliss-reactive ketones (excluding diaryl/α,β-unsaturated/α-hetero) is 1. The molecule has 11 atom stereocenters. The lowest BCUT2D eigenvalue weighted by Crippen LogP contribution is -2.58. The average Bonchev–Trinajstić information content (AvgIpc) is 3.13. The second-order valence-corrected chi connectivity index (χ2v) is 13.7. The Morgan fingerprint density at radius 2 is 2.00 bits per heavy atom. The number of carbonyl (C=O) groups is 3. The largest absolute Gasteiger partial charge is 0.445 e. The van der Waals surface area contributed by atoms with Crippen molar-refractivity contribution in [2.45, 2.75) is 97.2 Å². The summed E-state index contributed by atoms with van der Waals surface area (Å²) in [7, 11) is 0. The number of ketones is 1. The van der Waals surface area contributed by atoms with Gasteiger partial charge >= 0.3 is 6.09 Å². The van der Waals surface area contributed by atoms with Crippen molar-refractivity contribution in [1.29, 1.82) is 0 Å². The van der Waals surface area contributed by atoms with E-state index in [1.54, 1.807) is 0 Å². The van der Waals surface area contributed by atoms with Gasteiger partial charge in [0.2, 0.25) is 5.91 Å². The number of hydrogen-bond donors (Lipinski definition) is 2. The highest BCUT2D eigenvalue weighted by Crippen LogP contribution is 2.77. The van der Waals surface area contributed by atoms with E-state index in [2.05, 4.69) is 31.0 Å². The number of ether oxygens (including phenoxy) is 1. The summed E-state index contributed by atoms with van der Waals surface area (Å²) in [6.45, 7) is 9.20. The van der Waals surface area contributed by atoms with Crippen molar-refractivity contribution in [3.05, 3.63) is 0 Å². The highest BCUT2D eigenvalue weighted by Gasteiger charge is 2.77. The van der Waals surface area contributed by atoms with Gasteiger partial charge in [0.05, 0.1) is 12.0 Å². The van der Waals surface area contributed by atoms with Gasteiger partial charge in [-0.05, 0) is 80.1 Å². The molecule has 4 saturated carbocycles. The summed E-state index contributed by atoms with van der Waals surface area (Å²) in [6.07, 6.45) is 7.15. The number of nitrogens with zero attached hydrogens (tertiary/aromatic N) is 1. The third kappa shape index (κ3) is 3.47. The molecule has 6 rings (SSSR count). The topological polar surface area (TPSA) is 95.9 Å². The van der Waals surface area contributed by atoms with Crippen LogP contribution in [0.4, 0.5) is 4.79 Å². The summed E-state index contributed by atoms with van der Waals surface area (Å²) in [5, 5.41) is 14.4. The van der Waals surface area contributed by atoms with Crippen LogP contribution in [0.1, 0.15) is 85.0 Å². The lowest BCUT2D eigenvalue weighted by molar-refractivity contribution is -0.165. The molecule has 4 aliphatic carbocycles. The number of amides is 2. The fraction of sp³-hybridized carbons (Fsp3) is 0.897. The molecule has 0 aromatic carbocycles. The number of carbonyl (C=O) groups excluding carboxylic acids is 3. The molecule has 200 valence electrons. The Morgan fingerprint density at radius 3 is 2.69 bits per heavy atom. The molecule has 6 fully saturated rings. The van der Waals surface area contributed by atoms with Crippen LogP contribution in [0.3, 0.4) is 0 Å². The third-order valence-corrected chi connectivity index (χ3v) is 12.0. The number of unbranched alkanes of at least 4 members (excludes halogenated alkanes) is 1. The molecule has 36 heavy (non-hydrogen) atoms. The molecule has 7 heteroatoms. The average molecular weight is 501 g/mol. The molecule has 2 amide bonds. The Labute approximate surface area is 215 Å². The number of aliphatic hydroxyl groups is 1. The zero-order valence-corrected chi connectivity index (χ0v) is 22.3. The van der Waals surface area contributed by atoms with Gasteiger partial charge in [-0.15, -0.1) is 0 Å². The summed E-state index contributed by atoms with van der Waals surface area (Å²) in [5.74, 6) is 0.549. The fourth-order valence-electron chi connectivity index (χ4n) is 9.97. The minimum atomic E-state index is -0.662. The number of rotatable bonds is 5. The van der Waals surface area contributed by atoms with Crippen molar-refractivity contribution < 1.29 is 24.2 Å². The monoisotopic (exact) mass is 500 g/mol. The standard InChI is InChI=1S/C29H44N2O5/c1-4-5-9-27(3)14-22(36-26(35)30-25(34)20-16-31-12-8-18(20)15-31)29-13-19(29)6-10-28(17(2)24(27)33)11-7-21(32)23(28)29/h17-20,22-24,33H,4-16H2,1-3H3,(H,30,34,35)/t17-,18+,19-,20-,22+,23?,24-,27+,28?,29-/m0/s1. The highest BCUT2D eigenvalue weighted by molar-refractivity contribution is 5.93. The summed E-state index contributed by atoms with van der Waals surface area (Å²) in [4.78, 5) is 42.0. The van der Waals surface area contributed by atoms with Crippen LogP contribution in [0.15, 0.2) is 0 Å². The number of nitrogens with one attached hydrogen (secondary N) is 1. The van der Waals surface area contributed by atoms with Gasteiger partial charge in [-0.2, -0.15) is 0 Å². The van der Waals surface area contributed by atoms with E-state index in [0.717, 1.165) is 71.0 Å². The first kappa shape index (κ1) is 24.8. The zero-order chi connectivity index (χ0) is 25.5. The van der Waals surface area contributed by atoms with Crippen LogP contribution in [0.5, 0.6) is 0 Å². The predicted octanol–water partition coefficient (Wildman–Crippen LogP) is 3.92. The first-order valence-electron chi connectivity index (χ1n) is 14.6. The highest BCUT2D eigenvalue weighted by atomic mass is 16.6. The SMILES string of the molecule is CCCC[C@]1(C)C[C@@H](OC(=O)NC(=O)[C@H]2CN3CC[C@@H]2C3)[C@]23C[C@@H]2CCC2(CCC(=O)C23)[C@@H](C)[C@@H]1O. The van der Waals surface area contributed by atoms with E-state index < -0.39 is 23.7 Å². The molecule has 2 saturated heterocycles. The van der Waals surface area contributed by atoms with Crippen LogP contribution in [-0.2, 0) is 14.3 Å². The van der Waals surface area contributed by atoms with Gasteiger partial charge in [-0.3, -0.25) is 14.9 Å². The summed E-state index contributed by atoms with van der Waals surface area (Å²) < 4.78 is 6.23. The summed E-state index contributed by atoms with van der Waals surface area (Å²) in [5.41, 5.74) is -0.932. The smallest absolute Gasteiger partial charge is 0.414 e. The molecule has 2 heterocycles. The maximum absolute atomic E-state index is 13.5. The van der Waals surface area contributed by atoms with Gasteiger partial charge in [-0.1, -0.05) is 33.6 Å². The van der Waals surface area contributed by atoms with Crippen molar-refractivity contribution in [3.63, 3.8) is 0 Å². The molecular weight excluding hydrogens is 456 g/mol. The molecule has 6 aliphatic rings. The predicted molar refractivity (Wildman–Crippen MR) is 134 cm³/mol. The van der Waals surface area contributed by atoms with Crippen LogP contribution in [0, 0.1) is 45.8 Å². The zero-order valence-electron chi connectivity index (χ0n) is 22.3. The first-order chi connectivity index (χ1) is 17.1. The van der Waals surface area contributed by atoms with E-state index in [1.165, 1.54) is 0 Å². The van der Waals surface area contributed by atoms with Crippen molar-refractivity contribution in [3.8, 4) is 0 Å². The number of piperidine rings is 1. The second-order valence-electron chi connectivity index (χ2n) is 13.7. The van der Waals surface area contributed by atoms with Crippen LogP contribution < -0.4 is 5.32 Å². The molecule has 0 aromatic heterocycles. The van der Waals surface area contributed by atoms with Crippen LogP contribution in [0.2, 0.25) is 0 Å². The summed E-state index contributed by atoms with van der Waals surface area (Å²) >= 11 is 0. The maximum Gasteiger partial charge on any atom is 0.414 e. The Hall–Kier alpha value is -1.47. The number of fused-ring (bicyclic) bond motifs is 2. The van der Waals surface area contributed by atoms with Gasteiger partial charge in [0, 0.05) is 30.8 Å². The van der Waals surface area contributed by atoms with Gasteiger partial charge in [0.1, 0.15) is 11.9 Å². The lowest BCUT2D eigenvalue weighted by Gasteiger charge is -2.56. The van der Waals surface area contributed by atoms with Gasteiger partial charge < -0.3 is 14.7 Å². The molecule has 7 nitrogen and oxygen atoms in total. The van der Waals surface area contributed by atoms with Crippen molar-refractivity contribution in [1.82, 2.24) is 10.2 Å². The number of alkyl carbamates (subject to hydrolysis) is 1. The molecule has 3 unspecified atom stereocenters. The maximum atomic E-state index is 13.5. The second kappa shape index (κ2) is 8.52. The van der Waals surface area contributed by atoms with E-state index in [1.807, 2.05) is 0 Å². The molecule has 0 aromatic rings. The lowest BCUT2D eigenvalue weighted by atomic mass is 9.50. The minimum absolute atomic E-state index is 0.0402. The number of aliphatic hydroxyl groups excluding tert-OH is 1. The van der Waals surface area contributed by atoms with Crippen LogP contribution in [-0.4, -0.2) is 59.6 Å². The Balaban J connectivity index is 1.29. The van der Waals surface area contributed by atoms with Crippen molar-refractivity contribution in [2.75, 3.05) is 19.6 Å². The summed E-state index contributed by atoms with van der Waals surface area (Å²) in [6, 6.07) is 0. The van der Waals surface area contributed by atoms with Crippen LogP contribution >= 0.6 is 0 Å². The third-order valence-electron chi connectivity index (χ3n) is 12.0. The van der Waals surface area contributed by atoms with Gasteiger partial charge in [0.15, 0.2) is 0 Å². The Bertz CT molecular complexity index is 954. The fourth-order valence-corrected chi connectivity index (χ4v) is 9.97. The Morgan fingerprint density at radius 1 is 1.19 bits per heavy atom. The Kier molecular flexibility index (Phi) is 5.88. The van der Waals surface area contributed by atoms with Crippen LogP contribution in [0.25, 0.3) is 0 Å². The van der Waals surface area contributed by atoms with Crippen molar-refractivity contribution >= 4 is 17.8 Å². The van der Waals surface area contributed by atoms with E-state index >= 15 is 0 Å². The van der Waals surface area contributed by atoms with E-state index in [9.17, 15) is 19.5 Å². The normalized spacial score (nSPS) is 50.6. The quantitative estimate of drug-likeness (QED) is 0.594. The molecule has 0 radical (unpaired) electrons. The van der Waals surface area contributed by atoms with E-state index in [4.69, 9.17) is 4.74 Å². The van der Waals surface area contributed by atoms with E-state index in [0.29, 0.717) is 30.5 Å². The van der Waals surface area contributed by atoms with E-state index in [-0.39, 0.29) is 34.5 Å². The van der Waals surface area contributed by atoms with Gasteiger partial charge in [-0.25, -0.2) is 4.79 Å². The molecule has 2 N–H and O–H groups in total. The molecule has 1 spiro atoms.